The summed E-state index contributed by atoms with van der Waals surface area (Å²) in [6, 6.07) is 5.88. The first-order valence-electron chi connectivity index (χ1n) is 6.09. The van der Waals surface area contributed by atoms with Crippen molar-refractivity contribution in [3.63, 3.8) is 0 Å². The highest BCUT2D eigenvalue weighted by Gasteiger charge is 2.51. The average molecular weight is 245 g/mol. The van der Waals surface area contributed by atoms with Gasteiger partial charge in [0.25, 0.3) is 0 Å². The predicted molar refractivity (Wildman–Crippen MR) is 69.7 cm³/mol. The Kier molecular flexibility index (Phi) is 2.34. The van der Waals surface area contributed by atoms with E-state index in [-0.39, 0.29) is 18.3 Å². The summed E-state index contributed by atoms with van der Waals surface area (Å²) >= 11 is 0. The number of nitrogens with zero attached hydrogens (tertiary/aromatic N) is 1. The SMILES string of the molecule is CC1(C)OB(c2ccc3nocc3c2)OC1(C)C. The Hall–Kier alpha value is -1.33. The molecule has 1 saturated heterocycles. The van der Waals surface area contributed by atoms with Gasteiger partial charge in [-0.25, -0.2) is 0 Å². The zero-order valence-corrected chi connectivity index (χ0v) is 11.1. The highest BCUT2D eigenvalue weighted by Crippen LogP contribution is 2.36. The zero-order valence-electron chi connectivity index (χ0n) is 11.1. The largest absolute Gasteiger partial charge is 0.494 e. The van der Waals surface area contributed by atoms with E-state index in [1.54, 1.807) is 6.26 Å². The minimum Gasteiger partial charge on any atom is -0.399 e. The van der Waals surface area contributed by atoms with Crippen LogP contribution in [0.5, 0.6) is 0 Å². The van der Waals surface area contributed by atoms with Gasteiger partial charge in [0.15, 0.2) is 0 Å². The van der Waals surface area contributed by atoms with E-state index in [1.165, 1.54) is 0 Å². The van der Waals surface area contributed by atoms with Gasteiger partial charge in [-0.15, -0.1) is 0 Å². The maximum atomic E-state index is 6.00. The lowest BCUT2D eigenvalue weighted by atomic mass is 9.79. The first-order valence-corrected chi connectivity index (χ1v) is 6.09. The van der Waals surface area contributed by atoms with Gasteiger partial charge in [0.1, 0.15) is 11.8 Å². The first-order chi connectivity index (χ1) is 8.39. The Morgan fingerprint density at radius 2 is 1.72 bits per heavy atom. The number of hydrogen-bond acceptors (Lipinski definition) is 4. The van der Waals surface area contributed by atoms with Crippen molar-refractivity contribution in [2.24, 2.45) is 0 Å². The van der Waals surface area contributed by atoms with Crippen molar-refractivity contribution in [2.75, 3.05) is 0 Å². The summed E-state index contributed by atoms with van der Waals surface area (Å²) in [6.07, 6.45) is 1.63. The lowest BCUT2D eigenvalue weighted by Crippen LogP contribution is -2.41. The Morgan fingerprint density at radius 1 is 1.06 bits per heavy atom. The number of rotatable bonds is 1. The quantitative estimate of drug-likeness (QED) is 0.722. The minimum atomic E-state index is -0.339. The van der Waals surface area contributed by atoms with Gasteiger partial charge >= 0.3 is 7.12 Å². The highest BCUT2D eigenvalue weighted by atomic mass is 16.7. The second-order valence-corrected chi connectivity index (χ2v) is 5.72. The molecule has 1 aliphatic heterocycles. The molecule has 94 valence electrons. The molecule has 0 amide bonds. The number of aromatic nitrogens is 1. The molecule has 0 saturated carbocycles. The standard InChI is InChI=1S/C13H16BNO3/c1-12(2)13(3,4)18-14(17-12)10-5-6-11-9(7-10)8-16-15-11/h5-8H,1-4H3. The fraction of sp³-hybridized carbons (Fsp3) is 0.462. The van der Waals surface area contributed by atoms with Crippen molar-refractivity contribution in [3.05, 3.63) is 24.5 Å². The molecule has 0 bridgehead atoms. The van der Waals surface area contributed by atoms with Crippen LogP contribution in [-0.4, -0.2) is 23.5 Å². The van der Waals surface area contributed by atoms with E-state index in [9.17, 15) is 0 Å². The van der Waals surface area contributed by atoms with Crippen LogP contribution in [-0.2, 0) is 9.31 Å². The fourth-order valence-corrected chi connectivity index (χ4v) is 2.02. The molecule has 3 rings (SSSR count). The maximum absolute atomic E-state index is 6.00. The normalized spacial score (nSPS) is 21.7. The molecule has 2 heterocycles. The Bertz CT molecular complexity index is 575. The second-order valence-electron chi connectivity index (χ2n) is 5.72. The molecule has 0 atom stereocenters. The molecule has 1 aliphatic rings. The third-order valence-electron chi connectivity index (χ3n) is 3.91. The summed E-state index contributed by atoms with van der Waals surface area (Å²) in [4.78, 5) is 0. The van der Waals surface area contributed by atoms with E-state index in [0.29, 0.717) is 0 Å². The molecule has 0 radical (unpaired) electrons. The van der Waals surface area contributed by atoms with Crippen LogP contribution in [0, 0.1) is 0 Å². The van der Waals surface area contributed by atoms with Crippen LogP contribution in [0.3, 0.4) is 0 Å². The molecule has 0 spiro atoms. The van der Waals surface area contributed by atoms with Crippen molar-refractivity contribution < 1.29 is 13.8 Å². The van der Waals surface area contributed by atoms with E-state index >= 15 is 0 Å². The van der Waals surface area contributed by atoms with Gasteiger partial charge in [0.05, 0.1) is 11.2 Å². The van der Waals surface area contributed by atoms with E-state index in [1.807, 2.05) is 45.9 Å². The summed E-state index contributed by atoms with van der Waals surface area (Å²) in [5.41, 5.74) is 1.20. The Labute approximate surface area is 106 Å². The predicted octanol–water partition coefficient (Wildman–Crippen LogP) is 2.13. The lowest BCUT2D eigenvalue weighted by Gasteiger charge is -2.32. The number of benzene rings is 1. The van der Waals surface area contributed by atoms with Crippen molar-refractivity contribution in [2.45, 2.75) is 38.9 Å². The van der Waals surface area contributed by atoms with Gasteiger partial charge in [0.2, 0.25) is 0 Å². The zero-order chi connectivity index (χ0) is 13.0. The van der Waals surface area contributed by atoms with Gasteiger partial charge in [0, 0.05) is 5.39 Å². The second kappa shape index (κ2) is 3.59. The summed E-state index contributed by atoms with van der Waals surface area (Å²) in [5, 5.41) is 4.85. The smallest absolute Gasteiger partial charge is 0.399 e. The van der Waals surface area contributed by atoms with Gasteiger partial charge in [-0.2, -0.15) is 0 Å². The van der Waals surface area contributed by atoms with E-state index < -0.39 is 0 Å². The van der Waals surface area contributed by atoms with Crippen LogP contribution >= 0.6 is 0 Å². The Morgan fingerprint density at radius 3 is 2.39 bits per heavy atom. The first kappa shape index (κ1) is 11.7. The molecule has 0 aliphatic carbocycles. The van der Waals surface area contributed by atoms with Crippen LogP contribution in [0.15, 0.2) is 29.0 Å². The summed E-state index contributed by atoms with van der Waals surface area (Å²) in [5.74, 6) is 0. The number of fused-ring (bicyclic) bond motifs is 1. The molecule has 4 nitrogen and oxygen atoms in total. The molecule has 1 aromatic heterocycles. The van der Waals surface area contributed by atoms with Gasteiger partial charge in [-0.05, 0) is 45.3 Å². The molecule has 1 fully saturated rings. The Balaban J connectivity index is 1.96. The average Bonchev–Trinajstić information content (AvgIpc) is 2.80. The van der Waals surface area contributed by atoms with Crippen molar-refractivity contribution in [1.29, 1.82) is 0 Å². The lowest BCUT2D eigenvalue weighted by molar-refractivity contribution is 0.00578. The molecule has 1 aromatic carbocycles. The molecular weight excluding hydrogens is 229 g/mol. The van der Waals surface area contributed by atoms with Gasteiger partial charge in [-0.1, -0.05) is 11.2 Å². The summed E-state index contributed by atoms with van der Waals surface area (Å²) in [7, 11) is -0.339. The topological polar surface area (TPSA) is 44.5 Å². The van der Waals surface area contributed by atoms with Crippen molar-refractivity contribution in [3.8, 4) is 0 Å². The molecule has 5 heteroatoms. The van der Waals surface area contributed by atoms with E-state index in [4.69, 9.17) is 13.8 Å². The fourth-order valence-electron chi connectivity index (χ4n) is 2.02. The van der Waals surface area contributed by atoms with Crippen LogP contribution in [0.25, 0.3) is 10.9 Å². The molecule has 0 N–H and O–H groups in total. The molecule has 2 aromatic rings. The molecular formula is C13H16BNO3. The summed E-state index contributed by atoms with van der Waals surface area (Å²) in [6.45, 7) is 8.19. The summed E-state index contributed by atoms with van der Waals surface area (Å²) < 4.78 is 16.9. The van der Waals surface area contributed by atoms with Crippen LogP contribution in [0.1, 0.15) is 27.7 Å². The molecule has 18 heavy (non-hydrogen) atoms. The third-order valence-corrected chi connectivity index (χ3v) is 3.91. The minimum absolute atomic E-state index is 0.318. The number of hydrogen-bond donors (Lipinski definition) is 0. The monoisotopic (exact) mass is 245 g/mol. The van der Waals surface area contributed by atoms with E-state index in [0.717, 1.165) is 16.4 Å². The maximum Gasteiger partial charge on any atom is 0.494 e. The van der Waals surface area contributed by atoms with Crippen LogP contribution < -0.4 is 5.46 Å². The van der Waals surface area contributed by atoms with Crippen molar-refractivity contribution >= 4 is 23.5 Å². The van der Waals surface area contributed by atoms with Gasteiger partial charge in [-0.3, -0.25) is 0 Å². The van der Waals surface area contributed by atoms with Crippen molar-refractivity contribution in [1.82, 2.24) is 5.16 Å². The molecule has 0 unspecified atom stereocenters. The van der Waals surface area contributed by atoms with E-state index in [2.05, 4.69) is 5.16 Å². The van der Waals surface area contributed by atoms with Crippen LogP contribution in [0.2, 0.25) is 0 Å². The third kappa shape index (κ3) is 1.66. The highest BCUT2D eigenvalue weighted by molar-refractivity contribution is 6.62. The van der Waals surface area contributed by atoms with Crippen LogP contribution in [0.4, 0.5) is 0 Å². The van der Waals surface area contributed by atoms with Gasteiger partial charge < -0.3 is 13.8 Å².